The molecule has 1 aliphatic rings. The van der Waals surface area contributed by atoms with E-state index in [0.717, 1.165) is 35.1 Å². The monoisotopic (exact) mass is 403 g/mol. The van der Waals surface area contributed by atoms with Crippen LogP contribution in [0.1, 0.15) is 24.0 Å². The largest absolute Gasteiger partial charge is 0.381 e. The molecule has 0 radical (unpaired) electrons. The summed E-state index contributed by atoms with van der Waals surface area (Å²) in [6, 6.07) is 24.9. The Hall–Kier alpha value is -2.98. The summed E-state index contributed by atoms with van der Waals surface area (Å²) in [5.74, 6) is -0.251. The number of hydrogen-bond donors (Lipinski definition) is 1. The molecule has 0 bridgehead atoms. The summed E-state index contributed by atoms with van der Waals surface area (Å²) < 4.78 is 18.9. The highest BCUT2D eigenvalue weighted by Crippen LogP contribution is 2.34. The molecule has 0 unspecified atom stereocenters. The van der Waals surface area contributed by atoms with Gasteiger partial charge in [0.05, 0.1) is 6.42 Å². The van der Waals surface area contributed by atoms with E-state index in [2.05, 4.69) is 29.6 Å². The number of rotatable bonds is 6. The van der Waals surface area contributed by atoms with Gasteiger partial charge in [0.15, 0.2) is 0 Å². The van der Waals surface area contributed by atoms with Crippen LogP contribution in [0.5, 0.6) is 0 Å². The Balaban J connectivity index is 1.40. The highest BCUT2D eigenvalue weighted by Gasteiger charge is 2.34. The third-order valence-electron chi connectivity index (χ3n) is 5.96. The molecule has 3 aromatic rings. The molecule has 1 fully saturated rings. The van der Waals surface area contributed by atoms with E-state index in [1.54, 1.807) is 0 Å². The van der Waals surface area contributed by atoms with Gasteiger partial charge in [-0.1, -0.05) is 66.7 Å². The summed E-state index contributed by atoms with van der Waals surface area (Å²) in [4.78, 5) is 12.6. The van der Waals surface area contributed by atoms with Gasteiger partial charge in [-0.15, -0.1) is 0 Å². The van der Waals surface area contributed by atoms with Crippen molar-refractivity contribution in [2.45, 2.75) is 24.7 Å². The molecular weight excluding hydrogens is 377 g/mol. The van der Waals surface area contributed by atoms with E-state index in [9.17, 15) is 9.18 Å². The fraction of sp³-hybridized carbons (Fsp3) is 0.269. The molecule has 3 nitrogen and oxygen atoms in total. The predicted molar refractivity (Wildman–Crippen MR) is 117 cm³/mol. The summed E-state index contributed by atoms with van der Waals surface area (Å²) in [6.45, 7) is 1.82. The third-order valence-corrected chi connectivity index (χ3v) is 5.96. The zero-order valence-corrected chi connectivity index (χ0v) is 16.9. The van der Waals surface area contributed by atoms with Crippen molar-refractivity contribution in [2.75, 3.05) is 19.8 Å². The molecule has 0 atom stereocenters. The molecule has 0 saturated carbocycles. The molecule has 4 rings (SSSR count). The smallest absolute Gasteiger partial charge is 0.224 e. The molecule has 1 aliphatic heterocycles. The number of carbonyl (C=O) groups is 1. The molecule has 1 amide bonds. The zero-order chi connectivity index (χ0) is 20.8. The second-order valence-electron chi connectivity index (χ2n) is 7.92. The average molecular weight is 403 g/mol. The Morgan fingerprint density at radius 1 is 0.867 bits per heavy atom. The van der Waals surface area contributed by atoms with Gasteiger partial charge in [0, 0.05) is 25.2 Å². The van der Waals surface area contributed by atoms with E-state index in [4.69, 9.17) is 4.74 Å². The van der Waals surface area contributed by atoms with Crippen molar-refractivity contribution in [1.29, 1.82) is 0 Å². The van der Waals surface area contributed by atoms with Gasteiger partial charge in [0.1, 0.15) is 5.82 Å². The number of amides is 1. The molecule has 0 aromatic heterocycles. The molecule has 154 valence electrons. The van der Waals surface area contributed by atoms with E-state index in [0.29, 0.717) is 26.2 Å². The maximum atomic E-state index is 13.4. The van der Waals surface area contributed by atoms with Crippen molar-refractivity contribution in [3.8, 4) is 11.1 Å². The van der Waals surface area contributed by atoms with E-state index >= 15 is 0 Å². The SMILES string of the molecule is O=C(Cc1ccc(-c2ccccc2)cc1)NCC1(c2ccc(F)cc2)CCOCC1. The van der Waals surface area contributed by atoms with Crippen LogP contribution in [0.25, 0.3) is 11.1 Å². The minimum Gasteiger partial charge on any atom is -0.381 e. The maximum absolute atomic E-state index is 13.4. The minimum atomic E-state index is -0.246. The Bertz CT molecular complexity index is 962. The zero-order valence-electron chi connectivity index (χ0n) is 16.9. The Labute approximate surface area is 176 Å². The van der Waals surface area contributed by atoms with Crippen molar-refractivity contribution >= 4 is 5.91 Å². The normalized spacial score (nSPS) is 15.5. The molecular formula is C26H26FNO2. The van der Waals surface area contributed by atoms with Crippen molar-refractivity contribution in [3.63, 3.8) is 0 Å². The van der Waals surface area contributed by atoms with Crippen LogP contribution in [-0.2, 0) is 21.4 Å². The Morgan fingerprint density at radius 3 is 2.17 bits per heavy atom. The van der Waals surface area contributed by atoms with Crippen LogP contribution in [0, 0.1) is 5.82 Å². The first-order chi connectivity index (χ1) is 14.6. The lowest BCUT2D eigenvalue weighted by atomic mass is 9.74. The molecule has 30 heavy (non-hydrogen) atoms. The summed E-state index contributed by atoms with van der Waals surface area (Å²) in [5, 5.41) is 3.11. The fourth-order valence-electron chi connectivity index (χ4n) is 4.09. The highest BCUT2D eigenvalue weighted by atomic mass is 19.1. The number of ether oxygens (including phenoxy) is 1. The van der Waals surface area contributed by atoms with Crippen molar-refractivity contribution in [3.05, 3.63) is 95.8 Å². The number of carbonyl (C=O) groups excluding carboxylic acids is 1. The van der Waals surface area contributed by atoms with Crippen molar-refractivity contribution in [2.24, 2.45) is 0 Å². The number of nitrogens with one attached hydrogen (secondary N) is 1. The van der Waals surface area contributed by atoms with Gasteiger partial charge in [0.25, 0.3) is 0 Å². The van der Waals surface area contributed by atoms with Gasteiger partial charge in [0.2, 0.25) is 5.91 Å². The van der Waals surface area contributed by atoms with E-state index in [1.807, 2.05) is 42.5 Å². The first-order valence-corrected chi connectivity index (χ1v) is 10.4. The second kappa shape index (κ2) is 9.23. The van der Waals surface area contributed by atoms with Crippen LogP contribution < -0.4 is 5.32 Å². The fourth-order valence-corrected chi connectivity index (χ4v) is 4.09. The van der Waals surface area contributed by atoms with Gasteiger partial charge in [-0.3, -0.25) is 4.79 Å². The van der Waals surface area contributed by atoms with E-state index in [-0.39, 0.29) is 17.1 Å². The first kappa shape index (κ1) is 20.3. The quantitative estimate of drug-likeness (QED) is 0.636. The van der Waals surface area contributed by atoms with Crippen molar-refractivity contribution < 1.29 is 13.9 Å². The third kappa shape index (κ3) is 4.77. The summed E-state index contributed by atoms with van der Waals surface area (Å²) in [7, 11) is 0. The summed E-state index contributed by atoms with van der Waals surface area (Å²) in [5.41, 5.74) is 4.12. The van der Waals surface area contributed by atoms with Crippen LogP contribution >= 0.6 is 0 Å². The molecule has 4 heteroatoms. The Morgan fingerprint density at radius 2 is 1.50 bits per heavy atom. The number of halogens is 1. The lowest BCUT2D eigenvalue weighted by Gasteiger charge is -2.38. The molecule has 1 N–H and O–H groups in total. The summed E-state index contributed by atoms with van der Waals surface area (Å²) >= 11 is 0. The average Bonchev–Trinajstić information content (AvgIpc) is 2.80. The van der Waals surface area contributed by atoms with Gasteiger partial charge in [-0.2, -0.15) is 0 Å². The van der Waals surface area contributed by atoms with Gasteiger partial charge < -0.3 is 10.1 Å². The lowest BCUT2D eigenvalue weighted by molar-refractivity contribution is -0.120. The molecule has 3 aromatic carbocycles. The van der Waals surface area contributed by atoms with Gasteiger partial charge in [-0.25, -0.2) is 4.39 Å². The van der Waals surface area contributed by atoms with Crippen LogP contribution in [0.3, 0.4) is 0 Å². The number of hydrogen-bond acceptors (Lipinski definition) is 2. The van der Waals surface area contributed by atoms with Gasteiger partial charge >= 0.3 is 0 Å². The van der Waals surface area contributed by atoms with Crippen LogP contribution in [0.4, 0.5) is 4.39 Å². The van der Waals surface area contributed by atoms with E-state index < -0.39 is 0 Å². The molecule has 0 spiro atoms. The van der Waals surface area contributed by atoms with Crippen LogP contribution in [-0.4, -0.2) is 25.7 Å². The summed E-state index contributed by atoms with van der Waals surface area (Å²) in [6.07, 6.45) is 1.96. The molecule has 1 heterocycles. The Kier molecular flexibility index (Phi) is 6.24. The van der Waals surface area contributed by atoms with E-state index in [1.165, 1.54) is 12.1 Å². The van der Waals surface area contributed by atoms with Crippen molar-refractivity contribution in [1.82, 2.24) is 5.32 Å². The first-order valence-electron chi connectivity index (χ1n) is 10.4. The standard InChI is InChI=1S/C26H26FNO2/c27-24-12-10-23(11-13-24)26(14-16-30-17-15-26)19-28-25(29)18-20-6-8-22(9-7-20)21-4-2-1-3-5-21/h1-13H,14-19H2,(H,28,29). The minimum absolute atomic E-state index is 0.00422. The second-order valence-corrected chi connectivity index (χ2v) is 7.92. The topological polar surface area (TPSA) is 38.3 Å². The predicted octanol–water partition coefficient (Wildman–Crippen LogP) is 4.90. The lowest BCUT2D eigenvalue weighted by Crippen LogP contribution is -2.45. The number of benzene rings is 3. The van der Waals surface area contributed by atoms with Gasteiger partial charge in [-0.05, 0) is 47.2 Å². The maximum Gasteiger partial charge on any atom is 0.224 e. The van der Waals surface area contributed by atoms with Crippen LogP contribution in [0.15, 0.2) is 78.9 Å². The highest BCUT2D eigenvalue weighted by molar-refractivity contribution is 5.79. The molecule has 1 saturated heterocycles. The molecule has 0 aliphatic carbocycles. The van der Waals surface area contributed by atoms with Crippen LogP contribution in [0.2, 0.25) is 0 Å².